The number of anilines is 1. The Bertz CT molecular complexity index is 511. The summed E-state index contributed by atoms with van der Waals surface area (Å²) in [5, 5.41) is 1.41. The van der Waals surface area contributed by atoms with Crippen molar-refractivity contribution in [2.75, 3.05) is 5.32 Å². The normalized spacial score (nSPS) is 11.1. The highest BCUT2D eigenvalue weighted by atomic mass is 19.4. The fourth-order valence-electron chi connectivity index (χ4n) is 1.36. The zero-order valence-electron chi connectivity index (χ0n) is 9.16. The van der Waals surface area contributed by atoms with E-state index in [9.17, 15) is 13.2 Å². The molecule has 0 fully saturated rings. The predicted octanol–water partition coefficient (Wildman–Crippen LogP) is 4.21. The lowest BCUT2D eigenvalue weighted by Crippen LogP contribution is -2.20. The molecule has 0 amide bonds. The van der Waals surface area contributed by atoms with Crippen LogP contribution >= 0.6 is 0 Å². The molecule has 0 heterocycles. The van der Waals surface area contributed by atoms with Crippen molar-refractivity contribution in [1.82, 2.24) is 0 Å². The summed E-state index contributed by atoms with van der Waals surface area (Å²) in [5.41, 5.74) is -0.172. The van der Waals surface area contributed by atoms with Crippen molar-refractivity contribution in [3.05, 3.63) is 54.6 Å². The van der Waals surface area contributed by atoms with Gasteiger partial charge in [0.25, 0.3) is 0 Å². The van der Waals surface area contributed by atoms with E-state index in [-0.39, 0.29) is 11.4 Å². The molecular formula is C13H9F3NO. The van der Waals surface area contributed by atoms with Crippen LogP contribution < -0.4 is 10.1 Å². The van der Waals surface area contributed by atoms with Crippen LogP contribution in [0.1, 0.15) is 0 Å². The Balaban J connectivity index is 2.23. The average molecular weight is 252 g/mol. The first-order valence-corrected chi connectivity index (χ1v) is 5.13. The van der Waals surface area contributed by atoms with Crippen molar-refractivity contribution in [2.45, 2.75) is 6.30 Å². The summed E-state index contributed by atoms with van der Waals surface area (Å²) in [6, 6.07) is 15.4. The van der Waals surface area contributed by atoms with Crippen molar-refractivity contribution < 1.29 is 17.9 Å². The average Bonchev–Trinajstić information content (AvgIpc) is 2.31. The lowest BCUT2D eigenvalue weighted by Gasteiger charge is -2.14. The number of ether oxygens (including phenoxy) is 1. The minimum Gasteiger partial charge on any atom is -0.455 e. The molecule has 5 heteroatoms. The molecule has 0 saturated carbocycles. The van der Waals surface area contributed by atoms with Gasteiger partial charge in [-0.05, 0) is 18.2 Å². The van der Waals surface area contributed by atoms with Crippen LogP contribution in [-0.2, 0) is 0 Å². The first-order valence-electron chi connectivity index (χ1n) is 5.13. The maximum absolute atomic E-state index is 12.3. The van der Waals surface area contributed by atoms with Gasteiger partial charge >= 0.3 is 6.30 Å². The highest BCUT2D eigenvalue weighted by molar-refractivity contribution is 5.57. The quantitative estimate of drug-likeness (QED) is 0.826. The molecule has 0 aromatic heterocycles. The second-order valence-electron chi connectivity index (χ2n) is 3.45. The van der Waals surface area contributed by atoms with E-state index in [0.29, 0.717) is 5.75 Å². The summed E-state index contributed by atoms with van der Waals surface area (Å²) < 4.78 is 42.2. The predicted molar refractivity (Wildman–Crippen MR) is 61.5 cm³/mol. The molecule has 1 N–H and O–H groups in total. The van der Waals surface area contributed by atoms with Crippen molar-refractivity contribution in [2.24, 2.45) is 0 Å². The number of para-hydroxylation sites is 2. The lowest BCUT2D eigenvalue weighted by atomic mass is 10.3. The van der Waals surface area contributed by atoms with Gasteiger partial charge in [-0.3, -0.25) is 5.32 Å². The van der Waals surface area contributed by atoms with Crippen molar-refractivity contribution >= 4 is 5.69 Å². The van der Waals surface area contributed by atoms with Gasteiger partial charge in [0.15, 0.2) is 5.75 Å². The minimum absolute atomic E-state index is 0.000949. The topological polar surface area (TPSA) is 21.3 Å². The molecule has 18 heavy (non-hydrogen) atoms. The van der Waals surface area contributed by atoms with E-state index < -0.39 is 6.30 Å². The number of hydrogen-bond acceptors (Lipinski definition) is 2. The standard InChI is InChI=1S/C13H9F3NO/c14-13(15,16)17-11-8-4-5-9-12(11)18-10-6-2-1-3-7-10/h1-8,17H. The summed E-state index contributed by atoms with van der Waals surface area (Å²) >= 11 is 0. The molecule has 0 aliphatic rings. The van der Waals surface area contributed by atoms with E-state index in [0.717, 1.165) is 0 Å². The van der Waals surface area contributed by atoms with Crippen LogP contribution in [0.4, 0.5) is 18.9 Å². The third-order valence-electron chi connectivity index (χ3n) is 2.06. The Kier molecular flexibility index (Phi) is 3.41. The fourth-order valence-corrected chi connectivity index (χ4v) is 1.36. The summed E-state index contributed by atoms with van der Waals surface area (Å²) in [5.74, 6) is 0.450. The third-order valence-corrected chi connectivity index (χ3v) is 2.06. The van der Waals surface area contributed by atoms with Gasteiger partial charge in [-0.2, -0.15) is 13.2 Å². The van der Waals surface area contributed by atoms with Gasteiger partial charge in [0.2, 0.25) is 0 Å². The largest absolute Gasteiger partial charge is 0.482 e. The molecule has 0 aliphatic heterocycles. The van der Waals surface area contributed by atoms with Crippen LogP contribution in [0.3, 0.4) is 0 Å². The monoisotopic (exact) mass is 252 g/mol. The van der Waals surface area contributed by atoms with Gasteiger partial charge in [-0.1, -0.05) is 30.3 Å². The second kappa shape index (κ2) is 5.00. The number of nitrogens with one attached hydrogen (secondary N) is 1. The summed E-state index contributed by atoms with van der Waals surface area (Å²) in [6.45, 7) is 0. The highest BCUT2D eigenvalue weighted by Crippen LogP contribution is 2.31. The maximum Gasteiger partial charge on any atom is 0.482 e. The first-order chi connectivity index (χ1) is 8.54. The molecular weight excluding hydrogens is 243 g/mol. The van der Waals surface area contributed by atoms with Gasteiger partial charge in [0.1, 0.15) is 5.75 Å². The number of rotatable bonds is 3. The van der Waals surface area contributed by atoms with E-state index in [2.05, 4.69) is 6.07 Å². The lowest BCUT2D eigenvalue weighted by molar-refractivity contribution is -0.100. The first kappa shape index (κ1) is 12.3. The minimum atomic E-state index is -4.51. The Morgan fingerprint density at radius 1 is 1.00 bits per heavy atom. The van der Waals surface area contributed by atoms with Crippen LogP contribution in [-0.4, -0.2) is 6.30 Å². The second-order valence-corrected chi connectivity index (χ2v) is 3.45. The molecule has 0 bridgehead atoms. The summed E-state index contributed by atoms with van der Waals surface area (Å²) in [6.07, 6.45) is -4.51. The van der Waals surface area contributed by atoms with E-state index in [1.165, 1.54) is 23.5 Å². The van der Waals surface area contributed by atoms with Crippen LogP contribution in [0, 0.1) is 6.07 Å². The molecule has 2 aromatic rings. The number of hydrogen-bond donors (Lipinski definition) is 1. The molecule has 0 saturated heterocycles. The Morgan fingerprint density at radius 3 is 2.39 bits per heavy atom. The SMILES string of the molecule is FC(F)(F)Nc1ccc[c]c1Oc1ccccc1. The van der Waals surface area contributed by atoms with Gasteiger partial charge < -0.3 is 4.74 Å². The molecule has 2 rings (SSSR count). The smallest absolute Gasteiger partial charge is 0.455 e. The Hall–Kier alpha value is -2.17. The van der Waals surface area contributed by atoms with Gasteiger partial charge in [0.05, 0.1) is 5.69 Å². The van der Waals surface area contributed by atoms with Crippen LogP contribution in [0.2, 0.25) is 0 Å². The van der Waals surface area contributed by atoms with E-state index >= 15 is 0 Å². The van der Waals surface area contributed by atoms with Crippen molar-refractivity contribution in [1.29, 1.82) is 0 Å². The summed E-state index contributed by atoms with van der Waals surface area (Å²) in [7, 11) is 0. The van der Waals surface area contributed by atoms with E-state index in [1.54, 1.807) is 30.3 Å². The van der Waals surface area contributed by atoms with Crippen molar-refractivity contribution in [3.8, 4) is 11.5 Å². The number of benzene rings is 2. The van der Waals surface area contributed by atoms with Gasteiger partial charge in [-0.25, -0.2) is 0 Å². The molecule has 93 valence electrons. The van der Waals surface area contributed by atoms with Crippen LogP contribution in [0.15, 0.2) is 48.5 Å². The zero-order chi connectivity index (χ0) is 13.0. The molecule has 0 atom stereocenters. The van der Waals surface area contributed by atoms with Gasteiger partial charge in [0, 0.05) is 6.07 Å². The maximum atomic E-state index is 12.3. The Morgan fingerprint density at radius 2 is 1.72 bits per heavy atom. The van der Waals surface area contributed by atoms with E-state index in [4.69, 9.17) is 4.74 Å². The number of halogens is 3. The molecule has 0 spiro atoms. The number of alkyl halides is 3. The molecule has 2 nitrogen and oxygen atoms in total. The van der Waals surface area contributed by atoms with Crippen LogP contribution in [0.5, 0.6) is 11.5 Å². The zero-order valence-corrected chi connectivity index (χ0v) is 9.16. The van der Waals surface area contributed by atoms with Crippen LogP contribution in [0.25, 0.3) is 0 Å². The van der Waals surface area contributed by atoms with Gasteiger partial charge in [-0.15, -0.1) is 0 Å². The Labute approximate surface area is 102 Å². The third kappa shape index (κ3) is 3.41. The molecule has 0 aliphatic carbocycles. The molecule has 1 radical (unpaired) electrons. The fraction of sp³-hybridized carbons (Fsp3) is 0.0769. The highest BCUT2D eigenvalue weighted by Gasteiger charge is 2.28. The molecule has 0 unspecified atom stereocenters. The van der Waals surface area contributed by atoms with E-state index in [1.807, 2.05) is 0 Å². The summed E-state index contributed by atoms with van der Waals surface area (Å²) in [4.78, 5) is 0. The van der Waals surface area contributed by atoms with Crippen molar-refractivity contribution in [3.63, 3.8) is 0 Å². The molecule has 2 aromatic carbocycles.